The number of carbonyl (C=O) groups excluding carboxylic acids is 1. The summed E-state index contributed by atoms with van der Waals surface area (Å²) >= 11 is 0. The van der Waals surface area contributed by atoms with E-state index in [-0.39, 0.29) is 0 Å². The first-order valence-corrected chi connectivity index (χ1v) is 5.75. The maximum Gasteiger partial charge on any atom is 0.410 e. The van der Waals surface area contributed by atoms with E-state index in [1.165, 1.54) is 4.90 Å². The van der Waals surface area contributed by atoms with Crippen LogP contribution < -0.4 is 0 Å². The summed E-state index contributed by atoms with van der Waals surface area (Å²) in [6.07, 6.45) is -2.00. The van der Waals surface area contributed by atoms with E-state index < -0.39 is 30.0 Å². The Morgan fingerprint density at radius 3 is 2.35 bits per heavy atom. The number of hydrogen-bond acceptors (Lipinski definition) is 3. The predicted molar refractivity (Wildman–Crippen MR) is 62.8 cm³/mol. The lowest BCUT2D eigenvalue weighted by Crippen LogP contribution is -2.42. The Morgan fingerprint density at radius 1 is 1.41 bits per heavy atom. The summed E-state index contributed by atoms with van der Waals surface area (Å²) in [5.41, 5.74) is -0.566. The number of carbonyl (C=O) groups is 2. The SMILES string of the molecule is [2H]C([2H])(C(=O)O)C1CCN(C(=O)OC(C)(C)C)CC1. The summed E-state index contributed by atoms with van der Waals surface area (Å²) in [4.78, 5) is 24.1. The summed E-state index contributed by atoms with van der Waals surface area (Å²) in [7, 11) is 0. The Bertz CT molecular complexity index is 357. The normalized spacial score (nSPS) is 20.5. The largest absolute Gasteiger partial charge is 0.481 e. The molecule has 5 heteroatoms. The van der Waals surface area contributed by atoms with Crippen molar-refractivity contribution < 1.29 is 22.2 Å². The zero-order chi connectivity index (χ0) is 14.8. The topological polar surface area (TPSA) is 66.8 Å². The number of nitrogens with zero attached hydrogens (tertiary/aromatic N) is 1. The van der Waals surface area contributed by atoms with E-state index in [0.717, 1.165) is 0 Å². The third-order valence-corrected chi connectivity index (χ3v) is 2.47. The van der Waals surface area contributed by atoms with Gasteiger partial charge in [0.25, 0.3) is 0 Å². The first kappa shape index (κ1) is 10.9. The molecule has 1 saturated heterocycles. The highest BCUT2D eigenvalue weighted by Gasteiger charge is 2.27. The molecule has 1 fully saturated rings. The quantitative estimate of drug-likeness (QED) is 0.809. The molecule has 0 aromatic rings. The van der Waals surface area contributed by atoms with Gasteiger partial charge in [-0.2, -0.15) is 0 Å². The van der Waals surface area contributed by atoms with Crippen molar-refractivity contribution in [2.75, 3.05) is 13.1 Å². The van der Waals surface area contributed by atoms with Crippen LogP contribution in [-0.2, 0) is 9.53 Å². The van der Waals surface area contributed by atoms with Gasteiger partial charge in [-0.05, 0) is 39.5 Å². The highest BCUT2D eigenvalue weighted by Crippen LogP contribution is 2.22. The van der Waals surface area contributed by atoms with Gasteiger partial charge in [0, 0.05) is 22.2 Å². The Hall–Kier alpha value is -1.26. The molecule has 0 spiro atoms. The molecule has 0 atom stereocenters. The van der Waals surface area contributed by atoms with Gasteiger partial charge in [-0.15, -0.1) is 0 Å². The molecule has 1 rings (SSSR count). The average molecular weight is 245 g/mol. The zero-order valence-corrected chi connectivity index (χ0v) is 10.5. The van der Waals surface area contributed by atoms with Crippen molar-refractivity contribution >= 4 is 12.1 Å². The Balaban J connectivity index is 2.54. The summed E-state index contributed by atoms with van der Waals surface area (Å²) in [6, 6.07) is 0. The monoisotopic (exact) mass is 245 g/mol. The van der Waals surface area contributed by atoms with Gasteiger partial charge in [0.15, 0.2) is 0 Å². The third-order valence-electron chi connectivity index (χ3n) is 2.47. The van der Waals surface area contributed by atoms with Crippen molar-refractivity contribution in [2.24, 2.45) is 5.92 Å². The summed E-state index contributed by atoms with van der Waals surface area (Å²) in [5, 5.41) is 8.84. The number of hydrogen-bond donors (Lipinski definition) is 1. The first-order valence-electron chi connectivity index (χ1n) is 6.75. The molecule has 1 amide bonds. The fourth-order valence-electron chi connectivity index (χ4n) is 1.71. The molecular weight excluding hydrogens is 222 g/mol. The van der Waals surface area contributed by atoms with Gasteiger partial charge in [0.05, 0.1) is 0 Å². The second-order valence-electron chi connectivity index (χ2n) is 5.19. The van der Waals surface area contributed by atoms with Crippen molar-refractivity contribution in [3.63, 3.8) is 0 Å². The summed E-state index contributed by atoms with van der Waals surface area (Å²) in [6.45, 7) is 5.99. The first-order chi connectivity index (χ1) is 8.54. The molecule has 5 nitrogen and oxygen atoms in total. The molecule has 98 valence electrons. The van der Waals surface area contributed by atoms with Crippen molar-refractivity contribution in [3.05, 3.63) is 0 Å². The van der Waals surface area contributed by atoms with Crippen LogP contribution in [0.4, 0.5) is 4.79 Å². The lowest BCUT2D eigenvalue weighted by molar-refractivity contribution is -0.138. The van der Waals surface area contributed by atoms with Crippen LogP contribution >= 0.6 is 0 Å². The van der Waals surface area contributed by atoms with E-state index in [2.05, 4.69) is 0 Å². The lowest BCUT2D eigenvalue weighted by atomic mass is 9.94. The molecule has 1 aliphatic rings. The van der Waals surface area contributed by atoms with Gasteiger partial charge in [-0.25, -0.2) is 4.79 Å². The van der Waals surface area contributed by atoms with Crippen LogP contribution in [0.1, 0.15) is 42.7 Å². The highest BCUT2D eigenvalue weighted by molar-refractivity contribution is 5.69. The van der Waals surface area contributed by atoms with Crippen molar-refractivity contribution in [1.29, 1.82) is 0 Å². The van der Waals surface area contributed by atoms with E-state index in [4.69, 9.17) is 12.6 Å². The zero-order valence-electron chi connectivity index (χ0n) is 12.5. The number of carboxylic acid groups (broad SMARTS) is 1. The summed E-state index contributed by atoms with van der Waals surface area (Å²) in [5.74, 6) is -2.01. The smallest absolute Gasteiger partial charge is 0.410 e. The van der Waals surface area contributed by atoms with E-state index in [0.29, 0.717) is 25.9 Å². The van der Waals surface area contributed by atoms with Gasteiger partial charge in [0.1, 0.15) is 5.60 Å². The number of aliphatic carboxylic acids is 1. The molecule has 0 saturated carbocycles. The second-order valence-corrected chi connectivity index (χ2v) is 5.19. The van der Waals surface area contributed by atoms with Crippen LogP contribution in [0, 0.1) is 5.92 Å². The van der Waals surface area contributed by atoms with Crippen LogP contribution in [0.15, 0.2) is 0 Å². The number of ether oxygens (including phenoxy) is 1. The minimum atomic E-state index is -2.24. The molecule has 1 aliphatic heterocycles. The number of carboxylic acids is 1. The highest BCUT2D eigenvalue weighted by atomic mass is 16.6. The molecule has 0 aromatic carbocycles. The number of piperidine rings is 1. The van der Waals surface area contributed by atoms with Crippen molar-refractivity contribution in [3.8, 4) is 0 Å². The minimum absolute atomic E-state index is 0.326. The van der Waals surface area contributed by atoms with Gasteiger partial charge in [-0.3, -0.25) is 4.79 Å². The molecule has 1 heterocycles. The van der Waals surface area contributed by atoms with Gasteiger partial charge in [0.2, 0.25) is 0 Å². The average Bonchev–Trinajstić information content (AvgIpc) is 2.26. The van der Waals surface area contributed by atoms with Gasteiger partial charge < -0.3 is 14.7 Å². The Morgan fingerprint density at radius 2 is 1.94 bits per heavy atom. The number of rotatable bonds is 2. The second kappa shape index (κ2) is 5.38. The Labute approximate surface area is 105 Å². The van der Waals surface area contributed by atoms with E-state index in [1.807, 2.05) is 0 Å². The van der Waals surface area contributed by atoms with Gasteiger partial charge in [-0.1, -0.05) is 0 Å². The van der Waals surface area contributed by atoms with Crippen LogP contribution in [0.3, 0.4) is 0 Å². The Kier molecular flexibility index (Phi) is 3.44. The van der Waals surface area contributed by atoms with E-state index in [1.54, 1.807) is 20.8 Å². The fourth-order valence-corrected chi connectivity index (χ4v) is 1.71. The number of likely N-dealkylation sites (tertiary alicyclic amines) is 1. The third kappa shape index (κ3) is 5.06. The van der Waals surface area contributed by atoms with Crippen molar-refractivity contribution in [2.45, 2.75) is 45.6 Å². The molecule has 0 unspecified atom stereocenters. The maximum atomic E-state index is 11.8. The standard InChI is InChI=1S/C12H21NO4/c1-12(2,3)17-11(16)13-6-4-9(5-7-13)8-10(14)15/h9H,4-8H2,1-3H3,(H,14,15)/i8D2. The minimum Gasteiger partial charge on any atom is -0.481 e. The molecular formula is C12H21NO4. The maximum absolute atomic E-state index is 11.8. The summed E-state index contributed by atoms with van der Waals surface area (Å²) < 4.78 is 20.3. The van der Waals surface area contributed by atoms with E-state index in [9.17, 15) is 9.59 Å². The van der Waals surface area contributed by atoms with E-state index >= 15 is 0 Å². The lowest BCUT2D eigenvalue weighted by Gasteiger charge is -2.32. The molecule has 0 bridgehead atoms. The van der Waals surface area contributed by atoms with Crippen LogP contribution in [-0.4, -0.2) is 40.8 Å². The molecule has 1 N–H and O–H groups in total. The molecule has 0 aliphatic carbocycles. The van der Waals surface area contributed by atoms with Crippen molar-refractivity contribution in [1.82, 2.24) is 4.90 Å². The fraction of sp³-hybridized carbons (Fsp3) is 0.833. The number of amides is 1. The van der Waals surface area contributed by atoms with Crippen LogP contribution in [0.5, 0.6) is 0 Å². The van der Waals surface area contributed by atoms with Crippen LogP contribution in [0.25, 0.3) is 0 Å². The molecule has 0 aromatic heterocycles. The molecule has 17 heavy (non-hydrogen) atoms. The van der Waals surface area contributed by atoms with Crippen LogP contribution in [0.2, 0.25) is 0 Å². The predicted octanol–water partition coefficient (Wildman–Crippen LogP) is 2.11. The van der Waals surface area contributed by atoms with Gasteiger partial charge >= 0.3 is 12.1 Å². The molecule has 0 radical (unpaired) electrons.